The highest BCUT2D eigenvalue weighted by Crippen LogP contribution is 2.48. The normalized spacial score (nSPS) is 25.1. The first kappa shape index (κ1) is 20.4. The number of ether oxygens (including phenoxy) is 1. The molecule has 2 bridgehead atoms. The molecule has 2 saturated heterocycles. The van der Waals surface area contributed by atoms with Crippen LogP contribution in [0, 0.1) is 11.6 Å². The molecule has 0 amide bonds. The fraction of sp³-hybridized carbons (Fsp3) is 0.360. The Bertz CT molecular complexity index is 1290. The van der Waals surface area contributed by atoms with Crippen LogP contribution in [-0.4, -0.2) is 34.7 Å². The van der Waals surface area contributed by atoms with Gasteiger partial charge in [0.1, 0.15) is 35.6 Å². The molecule has 3 aliphatic rings. The Kier molecular flexibility index (Phi) is 4.72. The zero-order valence-corrected chi connectivity index (χ0v) is 18.2. The summed E-state index contributed by atoms with van der Waals surface area (Å²) in [5.41, 5.74) is 1.17. The van der Waals surface area contributed by atoms with E-state index in [4.69, 9.17) is 9.72 Å². The molecule has 3 aliphatic heterocycles. The van der Waals surface area contributed by atoms with Crippen molar-refractivity contribution in [3.63, 3.8) is 0 Å². The Balaban J connectivity index is 1.24. The molecule has 1 N–H and O–H groups in total. The van der Waals surface area contributed by atoms with Crippen LogP contribution in [0.3, 0.4) is 0 Å². The van der Waals surface area contributed by atoms with Gasteiger partial charge in [-0.1, -0.05) is 6.07 Å². The SMILES string of the molecule is CN1c2nc(-n3ccc(OCc4ccc(F)cc4F)cc3=O)ccc2C2C3CCC(CC21)N3. The van der Waals surface area contributed by atoms with E-state index in [0.717, 1.165) is 18.3 Å². The lowest BCUT2D eigenvalue weighted by Crippen LogP contribution is -2.49. The van der Waals surface area contributed by atoms with Gasteiger partial charge in [0.25, 0.3) is 5.56 Å². The van der Waals surface area contributed by atoms with Crippen molar-refractivity contribution in [1.82, 2.24) is 14.9 Å². The Hall–Kier alpha value is -3.26. The third-order valence-corrected chi connectivity index (χ3v) is 7.28. The lowest BCUT2D eigenvalue weighted by Gasteiger charge is -2.36. The zero-order chi connectivity index (χ0) is 22.7. The molecule has 4 unspecified atom stereocenters. The number of benzene rings is 1. The average molecular weight is 450 g/mol. The summed E-state index contributed by atoms with van der Waals surface area (Å²) in [5, 5.41) is 3.75. The molecular formula is C25H24F2N4O2. The summed E-state index contributed by atoms with van der Waals surface area (Å²) >= 11 is 0. The molecule has 33 heavy (non-hydrogen) atoms. The second kappa shape index (κ2) is 7.66. The topological polar surface area (TPSA) is 59.4 Å². The van der Waals surface area contributed by atoms with Crippen LogP contribution in [0.1, 0.15) is 36.3 Å². The Morgan fingerprint density at radius 3 is 2.85 bits per heavy atom. The first-order valence-corrected chi connectivity index (χ1v) is 11.3. The van der Waals surface area contributed by atoms with Gasteiger partial charge in [-0.25, -0.2) is 13.8 Å². The number of halogens is 2. The summed E-state index contributed by atoms with van der Waals surface area (Å²) in [6, 6.07) is 11.8. The van der Waals surface area contributed by atoms with Crippen molar-refractivity contribution < 1.29 is 13.5 Å². The molecule has 6 nitrogen and oxygen atoms in total. The summed E-state index contributed by atoms with van der Waals surface area (Å²) in [5.74, 6) is 0.915. The van der Waals surface area contributed by atoms with Crippen LogP contribution in [0.2, 0.25) is 0 Å². The lowest BCUT2D eigenvalue weighted by atomic mass is 9.85. The second-order valence-corrected chi connectivity index (χ2v) is 9.16. The Labute approximate surface area is 189 Å². The molecule has 2 fully saturated rings. The number of nitrogens with one attached hydrogen (secondary N) is 1. The number of rotatable bonds is 4. The quantitative estimate of drug-likeness (QED) is 0.659. The molecule has 0 saturated carbocycles. The maximum absolute atomic E-state index is 13.8. The predicted octanol–water partition coefficient (Wildman–Crippen LogP) is 3.52. The van der Waals surface area contributed by atoms with Gasteiger partial charge in [0.2, 0.25) is 0 Å². The predicted molar refractivity (Wildman–Crippen MR) is 120 cm³/mol. The number of piperidine rings is 1. The summed E-state index contributed by atoms with van der Waals surface area (Å²) in [6.45, 7) is -0.101. The summed E-state index contributed by atoms with van der Waals surface area (Å²) in [4.78, 5) is 19.9. The molecule has 4 atom stereocenters. The number of aromatic nitrogens is 2. The minimum Gasteiger partial charge on any atom is -0.489 e. The van der Waals surface area contributed by atoms with E-state index in [2.05, 4.69) is 23.3 Å². The highest BCUT2D eigenvalue weighted by molar-refractivity contribution is 5.59. The van der Waals surface area contributed by atoms with Crippen LogP contribution in [0.4, 0.5) is 14.6 Å². The van der Waals surface area contributed by atoms with Crippen molar-refractivity contribution in [2.45, 2.75) is 49.9 Å². The smallest absolute Gasteiger partial charge is 0.259 e. The Morgan fingerprint density at radius 1 is 1.15 bits per heavy atom. The number of fused-ring (bicyclic) bond motifs is 6. The summed E-state index contributed by atoms with van der Waals surface area (Å²) in [6.07, 6.45) is 5.16. The Morgan fingerprint density at radius 2 is 2.03 bits per heavy atom. The zero-order valence-electron chi connectivity index (χ0n) is 18.2. The fourth-order valence-electron chi connectivity index (χ4n) is 5.67. The van der Waals surface area contributed by atoms with Crippen LogP contribution in [-0.2, 0) is 6.61 Å². The fourth-order valence-corrected chi connectivity index (χ4v) is 5.67. The molecular weight excluding hydrogens is 426 g/mol. The van der Waals surface area contributed by atoms with Crippen LogP contribution in [0.5, 0.6) is 5.75 Å². The standard InChI is InChI=1S/C25H24F2N4O2/c1-30-21-11-16-4-6-20(28-16)24(21)18-5-7-22(29-25(18)30)31-9-8-17(12-23(31)32)33-13-14-2-3-15(26)10-19(14)27/h2-3,5,7-10,12,16,20-21,24,28H,4,6,11,13H2,1H3. The number of likely N-dealkylation sites (N-methyl/N-ethyl adjacent to an activating group) is 1. The van der Waals surface area contributed by atoms with E-state index >= 15 is 0 Å². The van der Waals surface area contributed by atoms with Gasteiger partial charge in [0, 0.05) is 60.5 Å². The van der Waals surface area contributed by atoms with Gasteiger partial charge in [-0.15, -0.1) is 0 Å². The summed E-state index contributed by atoms with van der Waals surface area (Å²) < 4.78 is 33.9. The van der Waals surface area contributed by atoms with Gasteiger partial charge < -0.3 is 15.0 Å². The highest BCUT2D eigenvalue weighted by Gasteiger charge is 2.49. The second-order valence-electron chi connectivity index (χ2n) is 9.16. The maximum atomic E-state index is 13.8. The molecule has 2 aromatic heterocycles. The van der Waals surface area contributed by atoms with Crippen LogP contribution >= 0.6 is 0 Å². The minimum absolute atomic E-state index is 0.101. The van der Waals surface area contributed by atoms with Crippen molar-refractivity contribution in [2.24, 2.45) is 0 Å². The van der Waals surface area contributed by atoms with E-state index in [1.165, 1.54) is 41.2 Å². The van der Waals surface area contributed by atoms with Gasteiger partial charge in [-0.05, 0) is 43.5 Å². The average Bonchev–Trinajstić information content (AvgIpc) is 3.31. The van der Waals surface area contributed by atoms with Crippen LogP contribution in [0.15, 0.2) is 53.5 Å². The number of anilines is 1. The molecule has 170 valence electrons. The third kappa shape index (κ3) is 3.40. The summed E-state index contributed by atoms with van der Waals surface area (Å²) in [7, 11) is 2.10. The van der Waals surface area contributed by atoms with Crippen molar-refractivity contribution in [3.8, 4) is 11.6 Å². The molecule has 5 heterocycles. The first-order chi connectivity index (χ1) is 16.0. The molecule has 6 rings (SSSR count). The molecule has 8 heteroatoms. The van der Waals surface area contributed by atoms with Crippen molar-refractivity contribution in [1.29, 1.82) is 0 Å². The minimum atomic E-state index is -0.682. The van der Waals surface area contributed by atoms with E-state index < -0.39 is 11.6 Å². The van der Waals surface area contributed by atoms with E-state index in [9.17, 15) is 13.6 Å². The molecule has 1 aromatic carbocycles. The number of hydrogen-bond acceptors (Lipinski definition) is 5. The maximum Gasteiger partial charge on any atom is 0.259 e. The molecule has 3 aromatic rings. The largest absolute Gasteiger partial charge is 0.489 e. The van der Waals surface area contributed by atoms with Gasteiger partial charge >= 0.3 is 0 Å². The third-order valence-electron chi connectivity index (χ3n) is 7.28. The van der Waals surface area contributed by atoms with E-state index in [1.807, 2.05) is 6.07 Å². The van der Waals surface area contributed by atoms with Crippen molar-refractivity contribution in [2.75, 3.05) is 11.9 Å². The highest BCUT2D eigenvalue weighted by atomic mass is 19.1. The van der Waals surface area contributed by atoms with E-state index in [1.54, 1.807) is 12.3 Å². The van der Waals surface area contributed by atoms with Crippen molar-refractivity contribution >= 4 is 5.82 Å². The van der Waals surface area contributed by atoms with Gasteiger partial charge in [-0.3, -0.25) is 9.36 Å². The number of hydrogen-bond donors (Lipinski definition) is 1. The van der Waals surface area contributed by atoms with Gasteiger partial charge in [-0.2, -0.15) is 0 Å². The molecule has 0 spiro atoms. The first-order valence-electron chi connectivity index (χ1n) is 11.3. The van der Waals surface area contributed by atoms with Crippen LogP contribution < -0.4 is 20.5 Å². The molecule has 0 radical (unpaired) electrons. The van der Waals surface area contributed by atoms with Gasteiger partial charge in [0.15, 0.2) is 0 Å². The van der Waals surface area contributed by atoms with Gasteiger partial charge in [0.05, 0.1) is 0 Å². The lowest BCUT2D eigenvalue weighted by molar-refractivity contribution is 0.298. The van der Waals surface area contributed by atoms with Crippen molar-refractivity contribution in [3.05, 3.63) is 81.8 Å². The van der Waals surface area contributed by atoms with Crippen LogP contribution in [0.25, 0.3) is 5.82 Å². The monoisotopic (exact) mass is 450 g/mol. The van der Waals surface area contributed by atoms with E-state index in [-0.39, 0.29) is 17.7 Å². The number of pyridine rings is 2. The molecule has 0 aliphatic carbocycles. The number of nitrogens with zero attached hydrogens (tertiary/aromatic N) is 3. The van der Waals surface area contributed by atoms with E-state index in [0.29, 0.717) is 35.6 Å².